The monoisotopic (exact) mass is 307 g/mol. The van der Waals surface area contributed by atoms with E-state index in [1.54, 1.807) is 0 Å². The van der Waals surface area contributed by atoms with Crippen molar-refractivity contribution in [2.24, 2.45) is 0 Å². The number of alkyl carbamates (subject to hydrolysis) is 1. The molecule has 1 aromatic rings. The van der Waals surface area contributed by atoms with Crippen LogP contribution in [0.1, 0.15) is 31.7 Å². The summed E-state index contributed by atoms with van der Waals surface area (Å²) in [5.41, 5.74) is 0.873. The van der Waals surface area contributed by atoms with Crippen molar-refractivity contribution >= 4 is 12.1 Å². The van der Waals surface area contributed by atoms with E-state index in [0.717, 1.165) is 18.4 Å². The van der Waals surface area contributed by atoms with Crippen molar-refractivity contribution in [2.45, 2.75) is 51.0 Å². The highest BCUT2D eigenvalue weighted by molar-refractivity contribution is 5.71. The number of carboxylic acids is 1. The summed E-state index contributed by atoms with van der Waals surface area (Å²) in [6.07, 6.45) is 0.592. The Morgan fingerprint density at radius 3 is 2.68 bits per heavy atom. The zero-order valence-corrected chi connectivity index (χ0v) is 12.5. The van der Waals surface area contributed by atoms with Crippen LogP contribution in [0.15, 0.2) is 30.3 Å². The Morgan fingerprint density at radius 2 is 2.09 bits per heavy atom. The van der Waals surface area contributed by atoms with Crippen LogP contribution in [0.5, 0.6) is 0 Å². The van der Waals surface area contributed by atoms with E-state index in [1.165, 1.54) is 0 Å². The maximum Gasteiger partial charge on any atom is 0.407 e. The molecule has 2 N–H and O–H groups in total. The Kier molecular flexibility index (Phi) is 5.77. The number of hydrogen-bond donors (Lipinski definition) is 2. The summed E-state index contributed by atoms with van der Waals surface area (Å²) in [4.78, 5) is 22.8. The molecule has 6 nitrogen and oxygen atoms in total. The quantitative estimate of drug-likeness (QED) is 0.842. The molecule has 1 amide bonds. The highest BCUT2D eigenvalue weighted by Crippen LogP contribution is 2.23. The fraction of sp³-hybridized carbons (Fsp3) is 0.500. The van der Waals surface area contributed by atoms with Crippen molar-refractivity contribution < 1.29 is 24.2 Å². The number of carboxylic acid groups (broad SMARTS) is 1. The molecular formula is C16H21NO5. The molecule has 1 aliphatic heterocycles. The minimum Gasteiger partial charge on any atom is -0.481 e. The molecule has 1 aromatic carbocycles. The molecule has 0 saturated carbocycles. The van der Waals surface area contributed by atoms with E-state index >= 15 is 0 Å². The van der Waals surface area contributed by atoms with Crippen molar-refractivity contribution in [1.29, 1.82) is 0 Å². The van der Waals surface area contributed by atoms with Gasteiger partial charge in [-0.1, -0.05) is 30.3 Å². The van der Waals surface area contributed by atoms with Gasteiger partial charge in [-0.05, 0) is 25.3 Å². The van der Waals surface area contributed by atoms with Crippen LogP contribution in [0.25, 0.3) is 0 Å². The van der Waals surface area contributed by atoms with Crippen LogP contribution in [0.3, 0.4) is 0 Å². The minimum atomic E-state index is -0.975. The summed E-state index contributed by atoms with van der Waals surface area (Å²) in [5.74, 6) is -0.975. The van der Waals surface area contributed by atoms with Gasteiger partial charge in [0.15, 0.2) is 0 Å². The van der Waals surface area contributed by atoms with Crippen LogP contribution in [-0.2, 0) is 20.9 Å². The van der Waals surface area contributed by atoms with Gasteiger partial charge in [0, 0.05) is 0 Å². The first kappa shape index (κ1) is 16.3. The Labute approximate surface area is 129 Å². The van der Waals surface area contributed by atoms with Crippen LogP contribution in [0.4, 0.5) is 4.79 Å². The zero-order valence-electron chi connectivity index (χ0n) is 12.5. The molecule has 3 atom stereocenters. The normalized spacial score (nSPS) is 22.0. The summed E-state index contributed by atoms with van der Waals surface area (Å²) >= 11 is 0. The first-order valence-electron chi connectivity index (χ1n) is 7.39. The van der Waals surface area contributed by atoms with E-state index in [1.807, 2.05) is 37.3 Å². The predicted octanol–water partition coefficient (Wildman–Crippen LogP) is 2.32. The van der Waals surface area contributed by atoms with E-state index in [2.05, 4.69) is 5.32 Å². The standard InChI is InChI=1S/C16H21NO5/c1-11-7-8-14(22-11)13(9-15(18)19)17-16(20)21-10-12-5-3-2-4-6-12/h2-6,11,13-14H,7-10H2,1H3,(H,17,20)(H,18,19). The van der Waals surface area contributed by atoms with Gasteiger partial charge in [0.05, 0.1) is 24.7 Å². The molecule has 22 heavy (non-hydrogen) atoms. The Hall–Kier alpha value is -2.08. The van der Waals surface area contributed by atoms with Crippen LogP contribution in [0.2, 0.25) is 0 Å². The van der Waals surface area contributed by atoms with Gasteiger partial charge in [-0.15, -0.1) is 0 Å². The van der Waals surface area contributed by atoms with Crippen molar-refractivity contribution in [3.8, 4) is 0 Å². The molecule has 0 radical (unpaired) electrons. The molecule has 1 saturated heterocycles. The number of carbonyl (C=O) groups is 2. The highest BCUT2D eigenvalue weighted by Gasteiger charge is 2.32. The molecule has 1 heterocycles. The second-order valence-electron chi connectivity index (χ2n) is 5.47. The smallest absolute Gasteiger partial charge is 0.407 e. The number of ether oxygens (including phenoxy) is 2. The number of amides is 1. The van der Waals surface area contributed by atoms with Gasteiger partial charge in [-0.25, -0.2) is 4.79 Å². The van der Waals surface area contributed by atoms with Gasteiger partial charge in [-0.3, -0.25) is 4.79 Å². The SMILES string of the molecule is CC1CCC(C(CC(=O)O)NC(=O)OCc2ccccc2)O1. The molecule has 0 spiro atoms. The lowest BCUT2D eigenvalue weighted by Gasteiger charge is -2.23. The minimum absolute atomic E-state index is 0.0865. The van der Waals surface area contributed by atoms with Gasteiger partial charge in [0.1, 0.15) is 6.61 Å². The van der Waals surface area contributed by atoms with Gasteiger partial charge in [-0.2, -0.15) is 0 Å². The molecular weight excluding hydrogens is 286 g/mol. The lowest BCUT2D eigenvalue weighted by molar-refractivity contribution is -0.138. The molecule has 6 heteroatoms. The van der Waals surface area contributed by atoms with Crippen molar-refractivity contribution in [1.82, 2.24) is 5.32 Å². The van der Waals surface area contributed by atoms with Gasteiger partial charge in [0.2, 0.25) is 0 Å². The van der Waals surface area contributed by atoms with Gasteiger partial charge >= 0.3 is 12.1 Å². The molecule has 2 rings (SSSR count). The molecule has 1 aliphatic rings. The zero-order chi connectivity index (χ0) is 15.9. The second-order valence-corrected chi connectivity index (χ2v) is 5.47. The van der Waals surface area contributed by atoms with E-state index in [0.29, 0.717) is 0 Å². The Morgan fingerprint density at radius 1 is 1.36 bits per heavy atom. The number of carbonyl (C=O) groups excluding carboxylic acids is 1. The van der Waals surface area contributed by atoms with Crippen molar-refractivity contribution in [3.05, 3.63) is 35.9 Å². The molecule has 1 fully saturated rings. The molecule has 0 aromatic heterocycles. The van der Waals surface area contributed by atoms with Gasteiger partial charge < -0.3 is 19.9 Å². The van der Waals surface area contributed by atoms with Crippen LogP contribution < -0.4 is 5.32 Å². The largest absolute Gasteiger partial charge is 0.481 e. The van der Waals surface area contributed by atoms with Crippen molar-refractivity contribution in [2.75, 3.05) is 0 Å². The van der Waals surface area contributed by atoms with Crippen LogP contribution >= 0.6 is 0 Å². The average molecular weight is 307 g/mol. The average Bonchev–Trinajstić information content (AvgIpc) is 2.92. The molecule has 3 unspecified atom stereocenters. The first-order chi connectivity index (χ1) is 10.5. The van der Waals surface area contributed by atoms with E-state index in [4.69, 9.17) is 14.6 Å². The number of benzene rings is 1. The van der Waals surface area contributed by atoms with Crippen LogP contribution in [-0.4, -0.2) is 35.4 Å². The maximum absolute atomic E-state index is 11.9. The fourth-order valence-electron chi connectivity index (χ4n) is 2.51. The lowest BCUT2D eigenvalue weighted by atomic mass is 10.0. The lowest BCUT2D eigenvalue weighted by Crippen LogP contribution is -2.44. The predicted molar refractivity (Wildman–Crippen MR) is 79.4 cm³/mol. The Bertz CT molecular complexity index is 505. The fourth-order valence-corrected chi connectivity index (χ4v) is 2.51. The number of aliphatic carboxylic acids is 1. The molecule has 0 aliphatic carbocycles. The summed E-state index contributed by atoms with van der Waals surface area (Å²) in [5, 5.41) is 11.6. The third-order valence-corrected chi connectivity index (χ3v) is 3.62. The van der Waals surface area contributed by atoms with E-state index < -0.39 is 18.1 Å². The summed E-state index contributed by atoms with van der Waals surface area (Å²) in [6.45, 7) is 2.08. The Balaban J connectivity index is 1.86. The molecule has 0 bridgehead atoms. The second kappa shape index (κ2) is 7.79. The third kappa shape index (κ3) is 5.04. The van der Waals surface area contributed by atoms with Gasteiger partial charge in [0.25, 0.3) is 0 Å². The summed E-state index contributed by atoms with van der Waals surface area (Å²) < 4.78 is 10.8. The topological polar surface area (TPSA) is 84.9 Å². The highest BCUT2D eigenvalue weighted by atomic mass is 16.5. The molecule has 120 valence electrons. The maximum atomic E-state index is 11.9. The third-order valence-electron chi connectivity index (χ3n) is 3.62. The van der Waals surface area contributed by atoms with Crippen molar-refractivity contribution in [3.63, 3.8) is 0 Å². The van der Waals surface area contributed by atoms with E-state index in [-0.39, 0.29) is 25.2 Å². The van der Waals surface area contributed by atoms with Crippen LogP contribution in [0, 0.1) is 0 Å². The first-order valence-corrected chi connectivity index (χ1v) is 7.39. The number of rotatable bonds is 6. The van der Waals surface area contributed by atoms with E-state index in [9.17, 15) is 9.59 Å². The number of hydrogen-bond acceptors (Lipinski definition) is 4. The summed E-state index contributed by atoms with van der Waals surface area (Å²) in [6, 6.07) is 8.72. The number of nitrogens with one attached hydrogen (secondary N) is 1. The summed E-state index contributed by atoms with van der Waals surface area (Å²) in [7, 11) is 0.